The van der Waals surface area contributed by atoms with Gasteiger partial charge in [-0.15, -0.1) is 0 Å². The molecule has 120 valence electrons. The third kappa shape index (κ3) is 2.61. The third-order valence-corrected chi connectivity index (χ3v) is 4.91. The van der Waals surface area contributed by atoms with Crippen LogP contribution < -0.4 is 10.5 Å². The summed E-state index contributed by atoms with van der Waals surface area (Å²) in [7, 11) is -2.57. The number of anilines is 1. The van der Waals surface area contributed by atoms with Crippen LogP contribution in [0.15, 0.2) is 50.5 Å². The molecule has 23 heavy (non-hydrogen) atoms. The minimum absolute atomic E-state index is 0.247. The van der Waals surface area contributed by atoms with Crippen molar-refractivity contribution in [1.82, 2.24) is 4.57 Å². The number of sulfonamides is 1. The van der Waals surface area contributed by atoms with Gasteiger partial charge in [0.1, 0.15) is 10.7 Å². The Morgan fingerprint density at radius 3 is 2.61 bits per heavy atom. The van der Waals surface area contributed by atoms with Crippen LogP contribution in [-0.2, 0) is 17.1 Å². The Kier molecular flexibility index (Phi) is 3.48. The number of hydrogen-bond acceptors (Lipinski definition) is 4. The molecule has 0 amide bonds. The van der Waals surface area contributed by atoms with Crippen LogP contribution in [0, 0.1) is 12.7 Å². The van der Waals surface area contributed by atoms with Crippen molar-refractivity contribution in [2.45, 2.75) is 11.8 Å². The van der Waals surface area contributed by atoms with Crippen LogP contribution in [0.2, 0.25) is 0 Å². The van der Waals surface area contributed by atoms with Crippen molar-refractivity contribution in [3.05, 3.63) is 58.3 Å². The van der Waals surface area contributed by atoms with E-state index in [1.165, 1.54) is 35.9 Å². The van der Waals surface area contributed by atoms with Crippen molar-refractivity contribution in [3.63, 3.8) is 0 Å². The van der Waals surface area contributed by atoms with Gasteiger partial charge in [0.15, 0.2) is 5.58 Å². The summed E-state index contributed by atoms with van der Waals surface area (Å²) in [5.74, 6) is -1.39. The number of aryl methyl sites for hydroxylation is 2. The number of halogens is 1. The van der Waals surface area contributed by atoms with Crippen LogP contribution in [0.4, 0.5) is 10.1 Å². The number of benzene rings is 2. The van der Waals surface area contributed by atoms with Gasteiger partial charge in [-0.25, -0.2) is 17.6 Å². The van der Waals surface area contributed by atoms with E-state index in [1.54, 1.807) is 13.0 Å². The lowest BCUT2D eigenvalue weighted by Crippen LogP contribution is -2.15. The van der Waals surface area contributed by atoms with E-state index >= 15 is 0 Å². The maximum Gasteiger partial charge on any atom is 0.419 e. The van der Waals surface area contributed by atoms with Crippen LogP contribution in [0.5, 0.6) is 0 Å². The smallest absolute Gasteiger partial charge is 0.408 e. The minimum Gasteiger partial charge on any atom is -0.408 e. The lowest BCUT2D eigenvalue weighted by molar-refractivity contribution is 0.528. The molecule has 0 atom stereocenters. The standard InChI is InChI=1S/C15H13FN2O4S/c1-9-7-13-12(18(2)15(19)22-13)8-11(9)17-23(20,21)14-6-4-3-5-10(14)16/h3-8,17H,1-2H3. The Balaban J connectivity index is 2.11. The maximum atomic E-state index is 13.7. The van der Waals surface area contributed by atoms with E-state index < -0.39 is 26.5 Å². The zero-order valence-electron chi connectivity index (χ0n) is 12.3. The molecule has 2 aromatic carbocycles. The number of nitrogens with zero attached hydrogens (tertiary/aromatic N) is 1. The first-order valence-electron chi connectivity index (χ1n) is 6.67. The number of oxazole rings is 1. The minimum atomic E-state index is -4.08. The molecule has 0 aliphatic heterocycles. The molecule has 0 spiro atoms. The number of rotatable bonds is 3. The van der Waals surface area contributed by atoms with Gasteiger partial charge in [0.2, 0.25) is 0 Å². The van der Waals surface area contributed by atoms with E-state index in [0.717, 1.165) is 6.07 Å². The molecule has 3 aromatic rings. The molecule has 8 heteroatoms. The van der Waals surface area contributed by atoms with Crippen LogP contribution in [0.25, 0.3) is 11.1 Å². The van der Waals surface area contributed by atoms with Crippen LogP contribution in [0.1, 0.15) is 5.56 Å². The Bertz CT molecular complexity index is 1070. The second-order valence-corrected chi connectivity index (χ2v) is 6.75. The first-order valence-corrected chi connectivity index (χ1v) is 8.15. The number of nitrogens with one attached hydrogen (secondary N) is 1. The van der Waals surface area contributed by atoms with Crippen LogP contribution in [-0.4, -0.2) is 13.0 Å². The number of fused-ring (bicyclic) bond motifs is 1. The Hall–Kier alpha value is -2.61. The molecular formula is C15H13FN2O4S. The van der Waals surface area contributed by atoms with Crippen molar-refractivity contribution in [2.75, 3.05) is 4.72 Å². The number of aromatic nitrogens is 1. The Labute approximate surface area is 131 Å². The largest absolute Gasteiger partial charge is 0.419 e. The van der Waals surface area contributed by atoms with Gasteiger partial charge >= 0.3 is 5.76 Å². The van der Waals surface area contributed by atoms with Gasteiger partial charge in [-0.2, -0.15) is 0 Å². The molecule has 1 N–H and O–H groups in total. The second kappa shape index (κ2) is 5.24. The summed E-state index contributed by atoms with van der Waals surface area (Å²) in [6, 6.07) is 8.13. The quantitative estimate of drug-likeness (QED) is 0.796. The van der Waals surface area contributed by atoms with E-state index in [0.29, 0.717) is 16.7 Å². The molecule has 1 aromatic heterocycles. The molecule has 0 saturated heterocycles. The van der Waals surface area contributed by atoms with Crippen molar-refractivity contribution < 1.29 is 17.2 Å². The fraction of sp³-hybridized carbons (Fsp3) is 0.133. The molecular weight excluding hydrogens is 323 g/mol. The SMILES string of the molecule is Cc1cc2oc(=O)n(C)c2cc1NS(=O)(=O)c1ccccc1F. The van der Waals surface area contributed by atoms with Gasteiger partial charge in [-0.1, -0.05) is 12.1 Å². The lowest BCUT2D eigenvalue weighted by atomic mass is 10.2. The van der Waals surface area contributed by atoms with Gasteiger partial charge in [0.25, 0.3) is 10.0 Å². The predicted octanol–water partition coefficient (Wildman–Crippen LogP) is 2.38. The van der Waals surface area contributed by atoms with Gasteiger partial charge in [0.05, 0.1) is 11.2 Å². The van der Waals surface area contributed by atoms with Gasteiger partial charge in [0, 0.05) is 7.05 Å². The topological polar surface area (TPSA) is 81.3 Å². The first-order chi connectivity index (χ1) is 10.8. The summed E-state index contributed by atoms with van der Waals surface area (Å²) >= 11 is 0. The van der Waals surface area contributed by atoms with Crippen LogP contribution >= 0.6 is 0 Å². The second-order valence-electron chi connectivity index (χ2n) is 5.10. The highest BCUT2D eigenvalue weighted by Crippen LogP contribution is 2.25. The number of hydrogen-bond donors (Lipinski definition) is 1. The van der Waals surface area contributed by atoms with Gasteiger partial charge < -0.3 is 4.42 Å². The summed E-state index contributed by atoms with van der Waals surface area (Å²) in [5.41, 5.74) is 1.58. The molecule has 0 saturated carbocycles. The van der Waals surface area contributed by atoms with E-state index in [9.17, 15) is 17.6 Å². The van der Waals surface area contributed by atoms with Gasteiger partial charge in [-0.05, 0) is 36.8 Å². The molecule has 6 nitrogen and oxygen atoms in total. The highest BCUT2D eigenvalue weighted by molar-refractivity contribution is 7.92. The highest BCUT2D eigenvalue weighted by atomic mass is 32.2. The van der Waals surface area contributed by atoms with Crippen molar-refractivity contribution in [1.29, 1.82) is 0 Å². The normalized spacial score (nSPS) is 11.8. The Morgan fingerprint density at radius 1 is 1.22 bits per heavy atom. The molecule has 1 heterocycles. The maximum absolute atomic E-state index is 13.7. The zero-order valence-corrected chi connectivity index (χ0v) is 13.1. The molecule has 0 bridgehead atoms. The summed E-state index contributed by atoms with van der Waals surface area (Å²) in [6.45, 7) is 1.66. The van der Waals surface area contributed by atoms with E-state index in [-0.39, 0.29) is 5.69 Å². The molecule has 0 unspecified atom stereocenters. The predicted molar refractivity (Wildman–Crippen MR) is 83.4 cm³/mol. The first kappa shape index (κ1) is 15.3. The molecule has 0 aliphatic carbocycles. The summed E-state index contributed by atoms with van der Waals surface area (Å²) in [4.78, 5) is 11.1. The summed E-state index contributed by atoms with van der Waals surface area (Å²) in [5, 5.41) is 0. The van der Waals surface area contributed by atoms with Crippen molar-refractivity contribution in [3.8, 4) is 0 Å². The summed E-state index contributed by atoms with van der Waals surface area (Å²) in [6.07, 6.45) is 0. The average Bonchev–Trinajstić information content (AvgIpc) is 2.74. The van der Waals surface area contributed by atoms with Gasteiger partial charge in [-0.3, -0.25) is 9.29 Å². The third-order valence-electron chi connectivity index (χ3n) is 3.51. The fourth-order valence-electron chi connectivity index (χ4n) is 2.25. The van der Waals surface area contributed by atoms with Crippen molar-refractivity contribution >= 4 is 26.8 Å². The Morgan fingerprint density at radius 2 is 1.91 bits per heavy atom. The van der Waals surface area contributed by atoms with E-state index in [4.69, 9.17) is 4.42 Å². The van der Waals surface area contributed by atoms with E-state index in [1.807, 2.05) is 0 Å². The molecule has 0 radical (unpaired) electrons. The summed E-state index contributed by atoms with van der Waals surface area (Å²) < 4.78 is 47.1. The lowest BCUT2D eigenvalue weighted by Gasteiger charge is -2.11. The molecule has 3 rings (SSSR count). The van der Waals surface area contributed by atoms with Crippen molar-refractivity contribution in [2.24, 2.45) is 7.05 Å². The monoisotopic (exact) mass is 336 g/mol. The fourth-order valence-corrected chi connectivity index (χ4v) is 3.45. The molecule has 0 aliphatic rings. The zero-order chi connectivity index (χ0) is 16.8. The van der Waals surface area contributed by atoms with Crippen LogP contribution in [0.3, 0.4) is 0 Å². The molecule has 0 fully saturated rings. The highest BCUT2D eigenvalue weighted by Gasteiger charge is 2.20. The van der Waals surface area contributed by atoms with E-state index in [2.05, 4.69) is 4.72 Å². The average molecular weight is 336 g/mol.